The molecule has 0 saturated heterocycles. The van der Waals surface area contributed by atoms with Gasteiger partial charge in [-0.1, -0.05) is 127 Å². The van der Waals surface area contributed by atoms with Crippen LogP contribution in [0.1, 0.15) is 54.5 Å². The summed E-state index contributed by atoms with van der Waals surface area (Å²) in [6, 6.07) is 45.4. The molecule has 12 heteroatoms. The van der Waals surface area contributed by atoms with Gasteiger partial charge in [0.2, 0.25) is 0 Å². The smallest absolute Gasteiger partial charge is 0.268 e. The van der Waals surface area contributed by atoms with E-state index in [2.05, 4.69) is 19.6 Å². The van der Waals surface area contributed by atoms with Crippen LogP contribution < -0.4 is 0 Å². The Morgan fingerprint density at radius 3 is 1.57 bits per heavy atom. The minimum absolute atomic E-state index is 0.173. The number of rotatable bonds is 22. The van der Waals surface area contributed by atoms with Crippen molar-refractivity contribution >= 4 is 29.2 Å². The molecule has 1 fully saturated rings. The molecule has 7 unspecified atom stereocenters. The highest BCUT2D eigenvalue weighted by atomic mass is 32.2. The molecule has 7 atom stereocenters. The molecule has 1 N–H and O–H groups in total. The van der Waals surface area contributed by atoms with Crippen molar-refractivity contribution in [2.24, 2.45) is 0 Å². The summed E-state index contributed by atoms with van der Waals surface area (Å²) in [4.78, 5) is 0.173. The van der Waals surface area contributed by atoms with E-state index in [9.17, 15) is 13.5 Å². The van der Waals surface area contributed by atoms with Gasteiger partial charge in [0.25, 0.3) is 10.0 Å². The Labute approximate surface area is 373 Å². The van der Waals surface area contributed by atoms with E-state index in [1.807, 2.05) is 116 Å². The van der Waals surface area contributed by atoms with Crippen LogP contribution in [0.4, 0.5) is 0 Å². The summed E-state index contributed by atoms with van der Waals surface area (Å²) in [5.74, 6) is 0. The van der Waals surface area contributed by atoms with Crippen LogP contribution in [0.25, 0.3) is 10.9 Å². The van der Waals surface area contributed by atoms with Crippen LogP contribution in [0, 0.1) is 0 Å². The molecule has 7 rings (SSSR count). The molecule has 0 aliphatic heterocycles. The Morgan fingerprint density at radius 2 is 1.03 bits per heavy atom. The molecule has 1 heterocycles. The number of hydrogen-bond donors (Lipinski definition) is 1. The van der Waals surface area contributed by atoms with Crippen LogP contribution in [0.2, 0.25) is 19.6 Å². The maximum absolute atomic E-state index is 14.1. The number of aliphatic hydroxyl groups excluding tert-OH is 1. The van der Waals surface area contributed by atoms with Crippen LogP contribution in [0.5, 0.6) is 0 Å². The number of fused-ring (bicyclic) bond motifs is 1. The summed E-state index contributed by atoms with van der Waals surface area (Å²) in [6.07, 6.45) is -2.03. The zero-order valence-corrected chi connectivity index (χ0v) is 38.5. The fourth-order valence-electron chi connectivity index (χ4n) is 8.05. The molecular formula is C51H61NO9SSi. The zero-order valence-electron chi connectivity index (χ0n) is 36.7. The maximum Gasteiger partial charge on any atom is 0.268 e. The summed E-state index contributed by atoms with van der Waals surface area (Å²) < 4.78 is 70.0. The monoisotopic (exact) mass is 891 g/mol. The van der Waals surface area contributed by atoms with Gasteiger partial charge in [-0.05, 0) is 80.7 Å². The molecule has 334 valence electrons. The van der Waals surface area contributed by atoms with Crippen LogP contribution in [0.3, 0.4) is 0 Å². The largest absolute Gasteiger partial charge is 0.418 e. The van der Waals surface area contributed by atoms with Crippen LogP contribution in [0.15, 0.2) is 157 Å². The quantitative estimate of drug-likeness (QED) is 0.0526. The molecule has 1 aliphatic carbocycles. The van der Waals surface area contributed by atoms with Gasteiger partial charge < -0.3 is 33.2 Å². The van der Waals surface area contributed by atoms with Gasteiger partial charge in [-0.3, -0.25) is 0 Å². The van der Waals surface area contributed by atoms with E-state index in [0.29, 0.717) is 29.7 Å². The highest BCUT2D eigenvalue weighted by molar-refractivity contribution is 7.90. The minimum atomic E-state index is -3.96. The Bertz CT molecular complexity index is 2400. The number of aromatic nitrogens is 1. The molecule has 0 spiro atoms. The van der Waals surface area contributed by atoms with Gasteiger partial charge in [-0.2, -0.15) is 0 Å². The molecule has 0 amide bonds. The van der Waals surface area contributed by atoms with E-state index in [1.165, 1.54) is 3.97 Å². The van der Waals surface area contributed by atoms with Gasteiger partial charge in [-0.15, -0.1) is 0 Å². The molecule has 1 saturated carbocycles. The summed E-state index contributed by atoms with van der Waals surface area (Å²) in [7, 11) is -5.58. The Kier molecular flexibility index (Phi) is 16.2. The first-order valence-electron chi connectivity index (χ1n) is 22.0. The lowest BCUT2D eigenvalue weighted by molar-refractivity contribution is -0.285. The first-order chi connectivity index (χ1) is 30.5. The van der Waals surface area contributed by atoms with Crippen molar-refractivity contribution in [1.29, 1.82) is 0 Å². The highest BCUT2D eigenvalue weighted by Gasteiger charge is 2.54. The lowest BCUT2D eigenvalue weighted by Gasteiger charge is -2.49. The third-order valence-electron chi connectivity index (χ3n) is 11.3. The standard InChI is InChI=1S/C51H61NO9SSi/c1-38(44-34-52(45-31-19-18-30-43(44)45)62(54,55)42-28-16-8-17-29-42)61-48-46(53)47(56-32-20-9-21-33-60-63(2,3)4)49(57-35-39-22-10-5-11-23-39)51(59-37-41-26-14-7-15-27-41)50(48)58-36-40-24-12-6-13-25-40/h5-8,10-19,22-31,34,38,46-51,53H,9,20-21,32-33,35-37H2,1-4H3. The fourth-order valence-corrected chi connectivity index (χ4v) is 10.2. The van der Waals surface area contributed by atoms with Gasteiger partial charge in [0.05, 0.1) is 36.3 Å². The predicted molar refractivity (Wildman–Crippen MR) is 248 cm³/mol. The topological polar surface area (TPSA) is 115 Å². The molecule has 1 aliphatic rings. The third kappa shape index (κ3) is 12.2. The van der Waals surface area contributed by atoms with E-state index >= 15 is 0 Å². The predicted octanol–water partition coefficient (Wildman–Crippen LogP) is 9.86. The first kappa shape index (κ1) is 46.5. The Hall–Kier alpha value is -4.47. The van der Waals surface area contributed by atoms with Crippen molar-refractivity contribution in [3.05, 3.63) is 174 Å². The molecule has 10 nitrogen and oxygen atoms in total. The van der Waals surface area contributed by atoms with Crippen molar-refractivity contribution in [2.45, 2.75) is 113 Å². The van der Waals surface area contributed by atoms with E-state index in [-0.39, 0.29) is 24.7 Å². The molecular weight excluding hydrogens is 831 g/mol. The molecule has 6 aromatic rings. The number of para-hydroxylation sites is 1. The zero-order chi connectivity index (χ0) is 44.2. The number of unbranched alkanes of at least 4 members (excludes halogenated alkanes) is 2. The van der Waals surface area contributed by atoms with Gasteiger partial charge in [0.15, 0.2) is 8.32 Å². The minimum Gasteiger partial charge on any atom is -0.418 e. The van der Waals surface area contributed by atoms with Crippen LogP contribution in [-0.2, 0) is 58.0 Å². The normalized spacial score (nSPS) is 21.1. The van der Waals surface area contributed by atoms with Gasteiger partial charge in [0, 0.05) is 30.4 Å². The second kappa shape index (κ2) is 21.9. The van der Waals surface area contributed by atoms with E-state index in [4.69, 9.17) is 28.1 Å². The summed E-state index contributed by atoms with van der Waals surface area (Å²) in [5, 5.41) is 13.4. The van der Waals surface area contributed by atoms with Crippen molar-refractivity contribution in [3.63, 3.8) is 0 Å². The summed E-state index contributed by atoms with van der Waals surface area (Å²) >= 11 is 0. The number of nitrogens with zero attached hydrogens (tertiary/aromatic N) is 1. The lowest BCUT2D eigenvalue weighted by Crippen LogP contribution is -2.67. The Morgan fingerprint density at radius 1 is 0.571 bits per heavy atom. The highest BCUT2D eigenvalue weighted by Crippen LogP contribution is 2.38. The number of ether oxygens (including phenoxy) is 5. The van der Waals surface area contributed by atoms with Gasteiger partial charge in [0.1, 0.15) is 36.6 Å². The van der Waals surface area contributed by atoms with Gasteiger partial charge >= 0.3 is 0 Å². The molecule has 1 aromatic heterocycles. The van der Waals surface area contributed by atoms with Crippen molar-refractivity contribution < 1.29 is 41.6 Å². The number of aliphatic hydroxyl groups is 1. The molecule has 0 bridgehead atoms. The lowest BCUT2D eigenvalue weighted by atomic mass is 9.83. The third-order valence-corrected chi connectivity index (χ3v) is 14.0. The maximum atomic E-state index is 14.1. The second-order valence-corrected chi connectivity index (χ2v) is 23.4. The van der Waals surface area contributed by atoms with Crippen molar-refractivity contribution in [2.75, 3.05) is 13.2 Å². The van der Waals surface area contributed by atoms with Crippen molar-refractivity contribution in [1.82, 2.24) is 3.97 Å². The average molecular weight is 892 g/mol. The summed E-state index contributed by atoms with van der Waals surface area (Å²) in [5.41, 5.74) is 4.02. The SMILES string of the molecule is CC(OC1C(O)C(OCCCCCO[Si](C)(C)C)C(OCc2ccccc2)C(OCc2ccccc2)C1OCc1ccccc1)c1cn(S(=O)(=O)c2ccccc2)c2ccccc12. The average Bonchev–Trinajstić information content (AvgIpc) is 3.70. The van der Waals surface area contributed by atoms with Crippen LogP contribution >= 0.6 is 0 Å². The first-order valence-corrected chi connectivity index (χ1v) is 26.8. The van der Waals surface area contributed by atoms with E-state index in [1.54, 1.807) is 42.6 Å². The van der Waals surface area contributed by atoms with Crippen molar-refractivity contribution in [3.8, 4) is 0 Å². The summed E-state index contributed by atoms with van der Waals surface area (Å²) in [6.45, 7) is 10.2. The molecule has 5 aromatic carbocycles. The number of hydrogen-bond acceptors (Lipinski definition) is 9. The molecule has 0 radical (unpaired) electrons. The second-order valence-electron chi connectivity index (χ2n) is 17.1. The fraction of sp³-hybridized carbons (Fsp3) is 0.373. The number of benzene rings is 5. The Balaban J connectivity index is 1.25. The van der Waals surface area contributed by atoms with Gasteiger partial charge in [-0.25, -0.2) is 12.4 Å². The molecule has 63 heavy (non-hydrogen) atoms. The van der Waals surface area contributed by atoms with E-state index in [0.717, 1.165) is 36.0 Å². The van der Waals surface area contributed by atoms with Crippen LogP contribution in [-0.4, -0.2) is 75.7 Å². The van der Waals surface area contributed by atoms with E-state index < -0.39 is 61.1 Å².